The summed E-state index contributed by atoms with van der Waals surface area (Å²) in [6, 6.07) is 14.7. The number of methoxy groups -OCH3 is 1. The highest BCUT2D eigenvalue weighted by molar-refractivity contribution is 5.86. The number of carbonyl (C=O) groups excluding carboxylic acids is 1. The molecule has 9 nitrogen and oxygen atoms in total. The van der Waals surface area contributed by atoms with Crippen molar-refractivity contribution in [2.45, 2.75) is 44.4 Å². The highest BCUT2D eigenvalue weighted by atomic mass is 16.7. The summed E-state index contributed by atoms with van der Waals surface area (Å²) in [5.74, 6) is -0.425. The minimum absolute atomic E-state index is 0.0459. The lowest BCUT2D eigenvalue weighted by Gasteiger charge is -2.51. The van der Waals surface area contributed by atoms with Crippen molar-refractivity contribution < 1.29 is 24.4 Å². The first-order valence-electron chi connectivity index (χ1n) is 12.9. The average molecular weight is 506 g/mol. The Labute approximate surface area is 214 Å². The number of ether oxygens (including phenoxy) is 1. The van der Waals surface area contributed by atoms with E-state index in [1.807, 2.05) is 16.9 Å². The fraction of sp³-hybridized carbons (Fsp3) is 0.464. The van der Waals surface area contributed by atoms with E-state index in [0.29, 0.717) is 12.3 Å². The molecule has 1 aromatic heterocycles. The number of fused-ring (bicyclic) bond motifs is 6. The van der Waals surface area contributed by atoms with E-state index in [4.69, 9.17) is 9.57 Å². The predicted octanol–water partition coefficient (Wildman–Crippen LogP) is 3.66. The Morgan fingerprint density at radius 1 is 1.16 bits per heavy atom. The number of aromatic nitrogens is 1. The zero-order valence-corrected chi connectivity index (χ0v) is 20.8. The molecule has 6 rings (SSSR count). The van der Waals surface area contributed by atoms with Crippen LogP contribution in [0.3, 0.4) is 0 Å². The molecule has 5 atom stereocenters. The summed E-state index contributed by atoms with van der Waals surface area (Å²) in [5, 5.41) is 22.9. The average Bonchev–Trinajstić information content (AvgIpc) is 3.24. The molecule has 2 fully saturated rings. The van der Waals surface area contributed by atoms with Crippen LogP contribution in [-0.4, -0.2) is 51.9 Å². The van der Waals surface area contributed by atoms with Crippen molar-refractivity contribution in [2.75, 3.05) is 20.2 Å². The van der Waals surface area contributed by atoms with E-state index >= 15 is 0 Å². The molecule has 1 saturated carbocycles. The van der Waals surface area contributed by atoms with Gasteiger partial charge in [-0.3, -0.25) is 19.8 Å². The van der Waals surface area contributed by atoms with Crippen LogP contribution in [-0.2, 0) is 22.6 Å². The van der Waals surface area contributed by atoms with E-state index in [0.717, 1.165) is 54.5 Å². The number of nitro groups is 1. The minimum Gasteiger partial charge on any atom is -0.469 e. The molecular weight excluding hydrogens is 474 g/mol. The second-order valence-electron chi connectivity index (χ2n) is 10.5. The van der Waals surface area contributed by atoms with E-state index in [1.165, 1.54) is 24.8 Å². The third kappa shape index (κ3) is 4.06. The molecule has 1 aliphatic carbocycles. The van der Waals surface area contributed by atoms with Crippen molar-refractivity contribution in [3.63, 3.8) is 0 Å². The molecule has 9 heteroatoms. The van der Waals surface area contributed by atoms with Crippen LogP contribution < -0.4 is 4.84 Å². The molecular formula is C28H31N3O6. The number of piperidine rings is 1. The Morgan fingerprint density at radius 3 is 2.70 bits per heavy atom. The van der Waals surface area contributed by atoms with E-state index in [1.54, 1.807) is 12.1 Å². The number of hydrogen-bond acceptors (Lipinski definition) is 7. The first kappa shape index (κ1) is 23.9. The smallest absolute Gasteiger partial charge is 0.311 e. The molecule has 0 unspecified atom stereocenters. The van der Waals surface area contributed by atoms with Gasteiger partial charge in [0, 0.05) is 30.6 Å². The standard InChI is InChI=1S/C28H31N3O6/c1-36-28(33)26-22-14-24-27-21(12-13-29(24)15-18(22)8-11-25(26)32)20-4-2-3-5-23(20)30(27)37-16-17-6-9-19(10-7-17)31(34)35/h2-7,9-10,18,22,24-26,32H,8,11-16H2,1H3/t18-,22-,24-,25-,26+/m0/s1. The Kier molecular flexibility index (Phi) is 6.12. The van der Waals surface area contributed by atoms with Crippen LogP contribution in [0.2, 0.25) is 0 Å². The Balaban J connectivity index is 1.36. The number of esters is 1. The summed E-state index contributed by atoms with van der Waals surface area (Å²) >= 11 is 0. The molecule has 2 aromatic carbocycles. The molecule has 0 spiro atoms. The first-order valence-corrected chi connectivity index (χ1v) is 12.9. The third-order valence-corrected chi connectivity index (χ3v) is 8.64. The zero-order chi connectivity index (χ0) is 25.7. The van der Waals surface area contributed by atoms with Crippen molar-refractivity contribution in [3.05, 3.63) is 75.5 Å². The van der Waals surface area contributed by atoms with Crippen LogP contribution in [0.15, 0.2) is 48.5 Å². The molecule has 0 bridgehead atoms. The summed E-state index contributed by atoms with van der Waals surface area (Å²) in [6.45, 7) is 2.10. The number of aliphatic hydroxyl groups excluding tert-OH is 1. The van der Waals surface area contributed by atoms with Gasteiger partial charge in [-0.25, -0.2) is 0 Å². The molecule has 3 heterocycles. The van der Waals surface area contributed by atoms with Gasteiger partial charge in [0.1, 0.15) is 6.61 Å². The second-order valence-corrected chi connectivity index (χ2v) is 10.5. The van der Waals surface area contributed by atoms with Gasteiger partial charge in [0.2, 0.25) is 0 Å². The van der Waals surface area contributed by atoms with Crippen molar-refractivity contribution in [1.29, 1.82) is 0 Å². The minimum atomic E-state index is -0.674. The Bertz CT molecular complexity index is 1340. The second kappa shape index (κ2) is 9.46. The maximum absolute atomic E-state index is 12.7. The van der Waals surface area contributed by atoms with Gasteiger partial charge in [-0.05, 0) is 66.8 Å². The molecule has 3 aliphatic rings. The molecule has 194 valence electrons. The van der Waals surface area contributed by atoms with Gasteiger partial charge in [0.25, 0.3) is 5.69 Å². The monoisotopic (exact) mass is 505 g/mol. The number of nitrogens with zero attached hydrogens (tertiary/aromatic N) is 3. The lowest BCUT2D eigenvalue weighted by Crippen LogP contribution is -2.53. The molecule has 1 N–H and O–H groups in total. The number of rotatable bonds is 5. The van der Waals surface area contributed by atoms with Gasteiger partial charge < -0.3 is 14.7 Å². The summed E-state index contributed by atoms with van der Waals surface area (Å²) in [7, 11) is 1.40. The van der Waals surface area contributed by atoms with Crippen LogP contribution in [0.1, 0.15) is 42.1 Å². The zero-order valence-electron chi connectivity index (χ0n) is 20.8. The SMILES string of the molecule is COC(=O)[C@@H]1[C@H]2C[C@H]3c4c(c5ccccc5n4OCc4ccc([N+](=O)[O-])cc4)CCN3C[C@@H]2CC[C@@H]1O. The van der Waals surface area contributed by atoms with E-state index in [2.05, 4.69) is 17.0 Å². The molecule has 2 aliphatic heterocycles. The topological polar surface area (TPSA) is 107 Å². The fourth-order valence-electron chi connectivity index (χ4n) is 6.90. The van der Waals surface area contributed by atoms with Gasteiger partial charge in [0.05, 0.1) is 41.3 Å². The van der Waals surface area contributed by atoms with Gasteiger partial charge in [-0.15, -0.1) is 0 Å². The number of non-ortho nitro benzene ring substituents is 1. The van der Waals surface area contributed by atoms with Gasteiger partial charge in [0.15, 0.2) is 0 Å². The van der Waals surface area contributed by atoms with E-state index < -0.39 is 16.9 Å². The number of para-hydroxylation sites is 1. The molecule has 1 saturated heterocycles. The molecule has 0 radical (unpaired) electrons. The Morgan fingerprint density at radius 2 is 1.95 bits per heavy atom. The summed E-state index contributed by atoms with van der Waals surface area (Å²) < 4.78 is 7.05. The predicted molar refractivity (Wildman–Crippen MR) is 136 cm³/mol. The first-order chi connectivity index (χ1) is 18.0. The molecule has 3 aromatic rings. The van der Waals surface area contributed by atoms with Gasteiger partial charge in [-0.2, -0.15) is 4.73 Å². The van der Waals surface area contributed by atoms with Crippen LogP contribution in [0.25, 0.3) is 10.9 Å². The number of nitro benzene ring substituents is 1. The molecule has 37 heavy (non-hydrogen) atoms. The van der Waals surface area contributed by atoms with Gasteiger partial charge in [-0.1, -0.05) is 18.2 Å². The number of benzene rings is 2. The Hall–Kier alpha value is -3.43. The third-order valence-electron chi connectivity index (χ3n) is 8.64. The lowest BCUT2D eigenvalue weighted by atomic mass is 9.65. The summed E-state index contributed by atoms with van der Waals surface area (Å²) in [6.07, 6.45) is 2.54. The largest absolute Gasteiger partial charge is 0.469 e. The lowest BCUT2D eigenvalue weighted by molar-refractivity contribution is -0.384. The number of aliphatic hydroxyl groups is 1. The van der Waals surface area contributed by atoms with Crippen LogP contribution >= 0.6 is 0 Å². The van der Waals surface area contributed by atoms with Gasteiger partial charge >= 0.3 is 5.97 Å². The van der Waals surface area contributed by atoms with Crippen molar-refractivity contribution >= 4 is 22.6 Å². The normalized spacial score (nSPS) is 27.1. The highest BCUT2D eigenvalue weighted by Crippen LogP contribution is 2.50. The highest BCUT2D eigenvalue weighted by Gasteiger charge is 2.50. The van der Waals surface area contributed by atoms with E-state index in [-0.39, 0.29) is 30.2 Å². The fourth-order valence-corrected chi connectivity index (χ4v) is 6.90. The number of carbonyl (C=O) groups is 1. The van der Waals surface area contributed by atoms with Crippen molar-refractivity contribution in [2.24, 2.45) is 17.8 Å². The van der Waals surface area contributed by atoms with Crippen LogP contribution in [0.5, 0.6) is 0 Å². The van der Waals surface area contributed by atoms with Crippen molar-refractivity contribution in [1.82, 2.24) is 9.63 Å². The summed E-state index contributed by atoms with van der Waals surface area (Å²) in [4.78, 5) is 32.3. The maximum atomic E-state index is 12.7. The maximum Gasteiger partial charge on any atom is 0.311 e. The quantitative estimate of drug-likeness (QED) is 0.320. The summed E-state index contributed by atoms with van der Waals surface area (Å²) in [5.41, 5.74) is 4.26. The van der Waals surface area contributed by atoms with E-state index in [9.17, 15) is 20.0 Å². The van der Waals surface area contributed by atoms with Crippen molar-refractivity contribution in [3.8, 4) is 0 Å². The van der Waals surface area contributed by atoms with Crippen LogP contribution in [0, 0.1) is 27.9 Å². The number of hydrogen-bond donors (Lipinski definition) is 1. The molecule has 0 amide bonds. The van der Waals surface area contributed by atoms with Crippen LogP contribution in [0.4, 0.5) is 5.69 Å².